The van der Waals surface area contributed by atoms with E-state index in [9.17, 15) is 9.59 Å². The smallest absolute Gasteiger partial charge is 0.251 e. The van der Waals surface area contributed by atoms with Crippen molar-refractivity contribution in [2.45, 2.75) is 38.5 Å². The minimum absolute atomic E-state index is 0.0225. The van der Waals surface area contributed by atoms with Crippen LogP contribution in [0, 0.1) is 5.41 Å². The van der Waals surface area contributed by atoms with Gasteiger partial charge in [-0.2, -0.15) is 0 Å². The Labute approximate surface area is 178 Å². The lowest BCUT2D eigenvalue weighted by molar-refractivity contribution is -0.117. The summed E-state index contributed by atoms with van der Waals surface area (Å²) in [5.41, 5.74) is 2.22. The number of hydrogen-bond acceptors (Lipinski definition) is 5. The lowest BCUT2D eigenvalue weighted by Crippen LogP contribution is -2.50. The Balaban J connectivity index is 1.45. The first-order chi connectivity index (χ1) is 14.4. The van der Waals surface area contributed by atoms with Crippen molar-refractivity contribution < 1.29 is 19.1 Å². The maximum atomic E-state index is 13.0. The lowest BCUT2D eigenvalue weighted by Gasteiger charge is -2.42. The highest BCUT2D eigenvalue weighted by Gasteiger charge is 2.36. The topological polar surface area (TPSA) is 79.9 Å². The van der Waals surface area contributed by atoms with Gasteiger partial charge in [-0.3, -0.25) is 14.5 Å². The Hall–Kier alpha value is -1.96. The number of rotatable bonds is 5. The second kappa shape index (κ2) is 8.65. The number of amides is 2. The third-order valence-electron chi connectivity index (χ3n) is 6.73. The number of fused-ring (bicyclic) bond motifs is 1. The van der Waals surface area contributed by atoms with Crippen molar-refractivity contribution in [1.82, 2.24) is 10.2 Å². The zero-order valence-electron chi connectivity index (χ0n) is 18.1. The largest absolute Gasteiger partial charge is 0.381 e. The monoisotopic (exact) mass is 415 g/mol. The lowest BCUT2D eigenvalue weighted by atomic mass is 9.77. The number of hydrogen-bond donors (Lipinski definition) is 2. The Bertz CT molecular complexity index is 796. The maximum Gasteiger partial charge on any atom is 0.251 e. The van der Waals surface area contributed by atoms with Crippen LogP contribution in [-0.2, 0) is 19.7 Å². The van der Waals surface area contributed by atoms with Crippen molar-refractivity contribution in [3.05, 3.63) is 29.3 Å². The first-order valence-corrected chi connectivity index (χ1v) is 11.0. The van der Waals surface area contributed by atoms with Crippen LogP contribution in [0.4, 0.5) is 5.69 Å². The summed E-state index contributed by atoms with van der Waals surface area (Å²) in [7, 11) is 0. The third-order valence-corrected chi connectivity index (χ3v) is 6.73. The summed E-state index contributed by atoms with van der Waals surface area (Å²) < 4.78 is 11.1. The molecule has 0 bridgehead atoms. The highest BCUT2D eigenvalue weighted by atomic mass is 16.5. The molecule has 0 aromatic heterocycles. The van der Waals surface area contributed by atoms with E-state index < -0.39 is 0 Å². The molecule has 3 aliphatic rings. The molecule has 0 saturated carbocycles. The highest BCUT2D eigenvalue weighted by molar-refractivity contribution is 5.98. The van der Waals surface area contributed by atoms with Gasteiger partial charge in [-0.05, 0) is 36.6 Å². The molecule has 0 spiro atoms. The molecular weight excluding hydrogens is 382 g/mol. The van der Waals surface area contributed by atoms with Crippen molar-refractivity contribution in [3.63, 3.8) is 0 Å². The number of morpholine rings is 1. The molecule has 0 aliphatic carbocycles. The number of nitrogens with one attached hydrogen (secondary N) is 2. The van der Waals surface area contributed by atoms with E-state index in [1.54, 1.807) is 6.07 Å². The van der Waals surface area contributed by atoms with Gasteiger partial charge >= 0.3 is 0 Å². The molecule has 1 aromatic carbocycles. The zero-order chi connectivity index (χ0) is 21.2. The Morgan fingerprint density at radius 1 is 1.13 bits per heavy atom. The minimum atomic E-state index is -0.285. The molecule has 164 valence electrons. The van der Waals surface area contributed by atoms with Crippen LogP contribution in [0.1, 0.15) is 49.0 Å². The first kappa shape index (κ1) is 21.3. The number of ether oxygens (including phenoxy) is 2. The summed E-state index contributed by atoms with van der Waals surface area (Å²) in [6.45, 7) is 10.6. The fourth-order valence-corrected chi connectivity index (χ4v) is 4.84. The molecule has 3 aliphatic heterocycles. The van der Waals surface area contributed by atoms with E-state index in [0.29, 0.717) is 18.5 Å². The summed E-state index contributed by atoms with van der Waals surface area (Å²) in [6, 6.07) is 5.58. The molecule has 2 N–H and O–H groups in total. The van der Waals surface area contributed by atoms with Crippen LogP contribution >= 0.6 is 0 Å². The summed E-state index contributed by atoms with van der Waals surface area (Å²) in [4.78, 5) is 27.4. The van der Waals surface area contributed by atoms with E-state index in [4.69, 9.17) is 9.47 Å². The normalized spacial score (nSPS) is 23.3. The standard InChI is InChI=1S/C23H33N3O4/c1-22(2)14-20(27)25-19-4-3-17(13-18(19)22)21(28)24-15-23(5-9-29-10-6-23)16-26-7-11-30-12-8-26/h3-4,13H,5-12,14-16H2,1-2H3,(H,24,28)(H,25,27). The quantitative estimate of drug-likeness (QED) is 0.771. The van der Waals surface area contributed by atoms with Crippen LogP contribution in [0.25, 0.3) is 0 Å². The van der Waals surface area contributed by atoms with E-state index in [1.165, 1.54) is 0 Å². The maximum absolute atomic E-state index is 13.0. The fraction of sp³-hybridized carbons (Fsp3) is 0.652. The van der Waals surface area contributed by atoms with Crippen LogP contribution in [0.2, 0.25) is 0 Å². The molecule has 30 heavy (non-hydrogen) atoms. The summed E-state index contributed by atoms with van der Waals surface area (Å²) in [5.74, 6) is -0.0346. The van der Waals surface area contributed by atoms with Crippen LogP contribution < -0.4 is 10.6 Å². The van der Waals surface area contributed by atoms with Gasteiger partial charge in [-0.1, -0.05) is 13.8 Å². The van der Waals surface area contributed by atoms with Crippen molar-refractivity contribution in [1.29, 1.82) is 0 Å². The Kier molecular flexibility index (Phi) is 6.14. The molecular formula is C23H33N3O4. The zero-order valence-corrected chi connectivity index (χ0v) is 18.1. The van der Waals surface area contributed by atoms with Gasteiger partial charge in [-0.25, -0.2) is 0 Å². The second-order valence-electron chi connectivity index (χ2n) is 9.55. The van der Waals surface area contributed by atoms with Crippen molar-refractivity contribution in [3.8, 4) is 0 Å². The SMILES string of the molecule is CC1(C)CC(=O)Nc2ccc(C(=O)NCC3(CN4CCOCC4)CCOCC3)cc21. The number of carbonyl (C=O) groups excluding carboxylic acids is 2. The summed E-state index contributed by atoms with van der Waals surface area (Å²) in [6.07, 6.45) is 2.33. The molecule has 4 rings (SSSR count). The summed E-state index contributed by atoms with van der Waals surface area (Å²) >= 11 is 0. The van der Waals surface area contributed by atoms with Gasteiger partial charge in [0.15, 0.2) is 0 Å². The van der Waals surface area contributed by atoms with Crippen molar-refractivity contribution in [2.24, 2.45) is 5.41 Å². The third kappa shape index (κ3) is 4.68. The van der Waals surface area contributed by atoms with E-state index in [2.05, 4.69) is 15.5 Å². The van der Waals surface area contributed by atoms with Crippen LogP contribution in [-0.4, -0.2) is 69.3 Å². The first-order valence-electron chi connectivity index (χ1n) is 11.0. The second-order valence-corrected chi connectivity index (χ2v) is 9.55. The molecule has 3 heterocycles. The predicted molar refractivity (Wildman–Crippen MR) is 115 cm³/mol. The van der Waals surface area contributed by atoms with E-state index in [0.717, 1.165) is 70.2 Å². The molecule has 0 unspecified atom stereocenters. The number of benzene rings is 1. The van der Waals surface area contributed by atoms with Gasteiger partial charge < -0.3 is 20.1 Å². The predicted octanol–water partition coefficient (Wildman–Crippen LogP) is 2.17. The van der Waals surface area contributed by atoms with Crippen molar-refractivity contribution in [2.75, 3.05) is 57.9 Å². The average molecular weight is 416 g/mol. The minimum Gasteiger partial charge on any atom is -0.381 e. The van der Waals surface area contributed by atoms with Gasteiger partial charge in [-0.15, -0.1) is 0 Å². The van der Waals surface area contributed by atoms with E-state index in [1.807, 2.05) is 26.0 Å². The number of anilines is 1. The molecule has 1 aromatic rings. The highest BCUT2D eigenvalue weighted by Crippen LogP contribution is 2.37. The van der Waals surface area contributed by atoms with Crippen molar-refractivity contribution >= 4 is 17.5 Å². The molecule has 0 atom stereocenters. The Morgan fingerprint density at radius 3 is 2.57 bits per heavy atom. The number of carbonyl (C=O) groups is 2. The van der Waals surface area contributed by atoms with E-state index in [-0.39, 0.29) is 22.6 Å². The van der Waals surface area contributed by atoms with Gasteiger partial charge in [0.1, 0.15) is 0 Å². The number of nitrogens with zero attached hydrogens (tertiary/aromatic N) is 1. The molecule has 0 radical (unpaired) electrons. The summed E-state index contributed by atoms with van der Waals surface area (Å²) in [5, 5.41) is 6.12. The van der Waals surface area contributed by atoms with E-state index >= 15 is 0 Å². The molecule has 2 amide bonds. The van der Waals surface area contributed by atoms with Gasteiger partial charge in [0, 0.05) is 67.9 Å². The molecule has 7 heteroatoms. The van der Waals surface area contributed by atoms with Crippen LogP contribution in [0.5, 0.6) is 0 Å². The molecule has 2 saturated heterocycles. The van der Waals surface area contributed by atoms with Crippen LogP contribution in [0.3, 0.4) is 0 Å². The fourth-order valence-electron chi connectivity index (χ4n) is 4.84. The van der Waals surface area contributed by atoms with Crippen LogP contribution in [0.15, 0.2) is 18.2 Å². The van der Waals surface area contributed by atoms with Gasteiger partial charge in [0.2, 0.25) is 5.91 Å². The molecule has 2 fully saturated rings. The van der Waals surface area contributed by atoms with Gasteiger partial charge in [0.05, 0.1) is 13.2 Å². The molecule has 7 nitrogen and oxygen atoms in total. The van der Waals surface area contributed by atoms with Gasteiger partial charge in [0.25, 0.3) is 5.91 Å². The average Bonchev–Trinajstić information content (AvgIpc) is 2.73. The Morgan fingerprint density at radius 2 is 1.83 bits per heavy atom.